The van der Waals surface area contributed by atoms with Gasteiger partial charge in [0, 0.05) is 48.5 Å². The molecule has 2 aliphatic rings. The summed E-state index contributed by atoms with van der Waals surface area (Å²) in [5.74, 6) is -0.389. The minimum atomic E-state index is -0.496. The molecule has 0 radical (unpaired) electrons. The summed E-state index contributed by atoms with van der Waals surface area (Å²) in [5.41, 5.74) is 3.60. The third-order valence-corrected chi connectivity index (χ3v) is 6.84. The van der Waals surface area contributed by atoms with Crippen molar-refractivity contribution in [2.45, 2.75) is 32.9 Å². The van der Waals surface area contributed by atoms with Gasteiger partial charge in [-0.2, -0.15) is 0 Å². The van der Waals surface area contributed by atoms with Gasteiger partial charge in [-0.25, -0.2) is 9.59 Å². The van der Waals surface area contributed by atoms with Gasteiger partial charge in [-0.15, -0.1) is 11.3 Å². The summed E-state index contributed by atoms with van der Waals surface area (Å²) in [7, 11) is 0. The highest BCUT2D eigenvalue weighted by atomic mass is 32.1. The number of rotatable bonds is 6. The number of anilines is 1. The zero-order chi connectivity index (χ0) is 22.7. The summed E-state index contributed by atoms with van der Waals surface area (Å²) in [4.78, 5) is 31.0. The molecule has 32 heavy (non-hydrogen) atoms. The second-order valence-electron chi connectivity index (χ2n) is 8.28. The molecule has 0 spiro atoms. The average molecular weight is 455 g/mol. The molecule has 1 saturated heterocycles. The van der Waals surface area contributed by atoms with Crippen molar-refractivity contribution >= 4 is 29.0 Å². The number of amides is 2. The average Bonchev–Trinajstić information content (AvgIpc) is 3.28. The number of ether oxygens (including phenoxy) is 1. The molecule has 0 unspecified atom stereocenters. The minimum Gasteiger partial charge on any atom is -0.463 e. The first-order chi connectivity index (χ1) is 15.5. The van der Waals surface area contributed by atoms with Crippen molar-refractivity contribution < 1.29 is 14.3 Å². The van der Waals surface area contributed by atoms with Gasteiger partial charge < -0.3 is 20.3 Å². The highest BCUT2D eigenvalue weighted by Crippen LogP contribution is 2.31. The van der Waals surface area contributed by atoms with Crippen LogP contribution in [0.15, 0.2) is 53.0 Å². The number of nitrogens with one attached hydrogen (secondary N) is 2. The Morgan fingerprint density at radius 1 is 1.25 bits per heavy atom. The van der Waals surface area contributed by atoms with E-state index >= 15 is 0 Å². The molecule has 2 atom stereocenters. The van der Waals surface area contributed by atoms with Gasteiger partial charge in [-0.05, 0) is 49.9 Å². The van der Waals surface area contributed by atoms with E-state index in [1.807, 2.05) is 17.5 Å². The molecule has 3 heterocycles. The van der Waals surface area contributed by atoms with Crippen LogP contribution in [0.1, 0.15) is 30.3 Å². The normalized spacial score (nSPS) is 21.8. The fraction of sp³-hybridized carbons (Fsp3) is 0.417. The second-order valence-corrected chi connectivity index (χ2v) is 9.26. The Kier molecular flexibility index (Phi) is 6.81. The molecule has 4 rings (SSSR count). The van der Waals surface area contributed by atoms with E-state index in [9.17, 15) is 9.59 Å². The molecule has 1 aromatic carbocycles. The molecule has 170 valence electrons. The van der Waals surface area contributed by atoms with E-state index in [4.69, 9.17) is 4.74 Å². The van der Waals surface area contributed by atoms with Crippen LogP contribution in [0.5, 0.6) is 0 Å². The zero-order valence-corrected chi connectivity index (χ0v) is 19.6. The smallest absolute Gasteiger partial charge is 0.338 e. The van der Waals surface area contributed by atoms with Gasteiger partial charge in [0.25, 0.3) is 0 Å². The van der Waals surface area contributed by atoms with Crippen molar-refractivity contribution in [2.24, 2.45) is 0 Å². The number of hydrogen-bond acceptors (Lipinski definition) is 6. The van der Waals surface area contributed by atoms with Crippen LogP contribution >= 0.6 is 11.3 Å². The van der Waals surface area contributed by atoms with Crippen LogP contribution in [0.25, 0.3) is 0 Å². The number of esters is 1. The summed E-state index contributed by atoms with van der Waals surface area (Å²) in [6, 6.07) is 11.9. The molecule has 0 aliphatic carbocycles. The fourth-order valence-corrected chi connectivity index (χ4v) is 5.24. The maximum Gasteiger partial charge on any atom is 0.338 e. The van der Waals surface area contributed by atoms with Crippen molar-refractivity contribution in [3.8, 4) is 0 Å². The largest absolute Gasteiger partial charge is 0.463 e. The zero-order valence-electron chi connectivity index (χ0n) is 18.8. The summed E-state index contributed by atoms with van der Waals surface area (Å²) in [6.45, 7) is 9.45. The standard InChI is InChI=1S/C24H30N4O3S/c1-4-31-23(29)21-19(25-24(30)26-22(21)20-9-6-12-32-20)15-27-10-11-28(17(3)14-27)18-8-5-7-16(2)13-18/h5-9,12-13,17,22H,4,10-11,14-15H2,1-3H3,(H2,25,26,30)/t17-,22-/m0/s1. The molecule has 2 aromatic rings. The topological polar surface area (TPSA) is 73.9 Å². The molecule has 1 aromatic heterocycles. The molecule has 2 aliphatic heterocycles. The van der Waals surface area contributed by atoms with Gasteiger partial charge in [0.1, 0.15) is 0 Å². The number of hydrogen-bond donors (Lipinski definition) is 2. The summed E-state index contributed by atoms with van der Waals surface area (Å²) in [5, 5.41) is 7.72. The van der Waals surface area contributed by atoms with E-state index in [0.29, 0.717) is 23.9 Å². The lowest BCUT2D eigenvalue weighted by Gasteiger charge is -2.42. The van der Waals surface area contributed by atoms with E-state index in [-0.39, 0.29) is 18.6 Å². The third kappa shape index (κ3) is 4.81. The molecule has 0 bridgehead atoms. The van der Waals surface area contributed by atoms with Crippen molar-refractivity contribution in [1.82, 2.24) is 15.5 Å². The molecule has 1 fully saturated rings. The monoisotopic (exact) mass is 454 g/mol. The van der Waals surface area contributed by atoms with Crippen LogP contribution in [0.4, 0.5) is 10.5 Å². The molecule has 2 N–H and O–H groups in total. The number of thiophene rings is 1. The molecule has 8 heteroatoms. The Morgan fingerprint density at radius 2 is 2.09 bits per heavy atom. The lowest BCUT2D eigenvalue weighted by molar-refractivity contribution is -0.139. The number of benzene rings is 1. The van der Waals surface area contributed by atoms with Gasteiger partial charge in [0.05, 0.1) is 18.2 Å². The molecule has 2 amide bonds. The van der Waals surface area contributed by atoms with Crippen molar-refractivity contribution in [3.05, 3.63) is 63.5 Å². The number of nitrogens with zero attached hydrogens (tertiary/aromatic N) is 2. The number of piperazine rings is 1. The molecule has 0 saturated carbocycles. The van der Waals surface area contributed by atoms with Crippen molar-refractivity contribution in [1.29, 1.82) is 0 Å². The van der Waals surface area contributed by atoms with Gasteiger partial charge in [-0.1, -0.05) is 18.2 Å². The second kappa shape index (κ2) is 9.75. The molecular formula is C24H30N4O3S. The van der Waals surface area contributed by atoms with Crippen LogP contribution in [0.2, 0.25) is 0 Å². The number of urea groups is 1. The van der Waals surface area contributed by atoms with Crippen LogP contribution in [0, 0.1) is 6.92 Å². The first kappa shape index (κ1) is 22.4. The van der Waals surface area contributed by atoms with Crippen molar-refractivity contribution in [3.63, 3.8) is 0 Å². The van der Waals surface area contributed by atoms with E-state index in [1.165, 1.54) is 22.6 Å². The van der Waals surface area contributed by atoms with Gasteiger partial charge >= 0.3 is 12.0 Å². The Labute approximate surface area is 193 Å². The quantitative estimate of drug-likeness (QED) is 0.654. The highest BCUT2D eigenvalue weighted by molar-refractivity contribution is 7.10. The van der Waals surface area contributed by atoms with Gasteiger partial charge in [-0.3, -0.25) is 4.90 Å². The van der Waals surface area contributed by atoms with Gasteiger partial charge in [0.2, 0.25) is 0 Å². The number of aryl methyl sites for hydroxylation is 1. The first-order valence-corrected chi connectivity index (χ1v) is 11.9. The van der Waals surface area contributed by atoms with Crippen LogP contribution in [-0.4, -0.2) is 55.7 Å². The Bertz CT molecular complexity index is 1000. The number of carbonyl (C=O) groups is 2. The van der Waals surface area contributed by atoms with Crippen LogP contribution in [0.3, 0.4) is 0 Å². The number of carbonyl (C=O) groups excluding carboxylic acids is 2. The van der Waals surface area contributed by atoms with Crippen LogP contribution in [-0.2, 0) is 9.53 Å². The van der Waals surface area contributed by atoms with E-state index in [1.54, 1.807) is 6.92 Å². The molecular weight excluding hydrogens is 424 g/mol. The minimum absolute atomic E-state index is 0.285. The Morgan fingerprint density at radius 3 is 2.78 bits per heavy atom. The maximum absolute atomic E-state index is 12.9. The fourth-order valence-electron chi connectivity index (χ4n) is 4.45. The maximum atomic E-state index is 12.9. The predicted molar refractivity (Wildman–Crippen MR) is 127 cm³/mol. The lowest BCUT2D eigenvalue weighted by atomic mass is 10.00. The third-order valence-electron chi connectivity index (χ3n) is 5.90. The van der Waals surface area contributed by atoms with Crippen molar-refractivity contribution in [2.75, 3.05) is 37.7 Å². The summed E-state index contributed by atoms with van der Waals surface area (Å²) < 4.78 is 5.36. The Hall–Kier alpha value is -2.84. The van der Waals surface area contributed by atoms with E-state index < -0.39 is 6.04 Å². The van der Waals surface area contributed by atoms with Crippen LogP contribution < -0.4 is 15.5 Å². The Balaban J connectivity index is 1.56. The SMILES string of the molecule is CCOC(=O)C1=C(CN2CCN(c3cccc(C)c3)[C@@H](C)C2)NC(=O)N[C@H]1c1cccs1. The van der Waals surface area contributed by atoms with E-state index in [2.05, 4.69) is 58.5 Å². The highest BCUT2D eigenvalue weighted by Gasteiger charge is 2.35. The first-order valence-electron chi connectivity index (χ1n) is 11.0. The van der Waals surface area contributed by atoms with Gasteiger partial charge in [0.15, 0.2) is 0 Å². The predicted octanol–water partition coefficient (Wildman–Crippen LogP) is 3.44. The van der Waals surface area contributed by atoms with E-state index in [0.717, 1.165) is 24.5 Å². The summed E-state index contributed by atoms with van der Waals surface area (Å²) in [6.07, 6.45) is 0. The lowest BCUT2D eigenvalue weighted by Crippen LogP contribution is -2.54. The summed E-state index contributed by atoms with van der Waals surface area (Å²) >= 11 is 1.51. The molecule has 7 nitrogen and oxygen atoms in total.